The van der Waals surface area contributed by atoms with E-state index in [1.165, 1.54) is 12.8 Å². The largest absolute Gasteiger partial charge is 0.490 e. The second kappa shape index (κ2) is 7.85. The van der Waals surface area contributed by atoms with Crippen molar-refractivity contribution in [3.8, 4) is 5.75 Å². The Hall–Kier alpha value is -2.89. The molecule has 1 saturated carbocycles. The van der Waals surface area contributed by atoms with Gasteiger partial charge >= 0.3 is 0 Å². The van der Waals surface area contributed by atoms with Gasteiger partial charge in [0.1, 0.15) is 11.6 Å². The van der Waals surface area contributed by atoms with Crippen molar-refractivity contribution in [1.29, 1.82) is 0 Å². The highest BCUT2D eigenvalue weighted by molar-refractivity contribution is 5.94. The summed E-state index contributed by atoms with van der Waals surface area (Å²) in [7, 11) is 0. The fourth-order valence-electron chi connectivity index (χ4n) is 4.54. The van der Waals surface area contributed by atoms with Gasteiger partial charge in [0.25, 0.3) is 5.91 Å². The van der Waals surface area contributed by atoms with E-state index < -0.39 is 0 Å². The number of carbonyl (C=O) groups is 1. The van der Waals surface area contributed by atoms with Gasteiger partial charge in [-0.1, -0.05) is 6.07 Å². The predicted octanol–water partition coefficient (Wildman–Crippen LogP) is 4.07. The van der Waals surface area contributed by atoms with E-state index in [2.05, 4.69) is 14.6 Å². The molecule has 0 atom stereocenters. The van der Waals surface area contributed by atoms with E-state index in [0.29, 0.717) is 12.0 Å². The molecular weight excluding hydrogens is 364 g/mol. The maximum Gasteiger partial charge on any atom is 0.253 e. The highest BCUT2D eigenvalue weighted by Crippen LogP contribution is 2.28. The Kier molecular flexibility index (Phi) is 4.92. The van der Waals surface area contributed by atoms with Crippen LogP contribution in [0.3, 0.4) is 0 Å². The van der Waals surface area contributed by atoms with Gasteiger partial charge in [-0.05, 0) is 74.9 Å². The van der Waals surface area contributed by atoms with Crippen LogP contribution in [-0.4, -0.2) is 44.6 Å². The molecule has 0 bridgehead atoms. The SMILES string of the molecule is O=C(c1ccc(OC2CCCC2)cc1)N1CCC(c2nnc3ccccn23)CC1. The van der Waals surface area contributed by atoms with Crippen molar-refractivity contribution in [2.45, 2.75) is 50.5 Å². The lowest BCUT2D eigenvalue weighted by Gasteiger charge is -2.31. The third-order valence-electron chi connectivity index (χ3n) is 6.19. The summed E-state index contributed by atoms with van der Waals surface area (Å²) in [5.41, 5.74) is 1.61. The first-order valence-corrected chi connectivity index (χ1v) is 10.6. The fraction of sp³-hybridized carbons (Fsp3) is 0.435. The molecule has 0 unspecified atom stereocenters. The smallest absolute Gasteiger partial charge is 0.253 e. The summed E-state index contributed by atoms with van der Waals surface area (Å²) in [6, 6.07) is 13.6. The van der Waals surface area contributed by atoms with E-state index in [4.69, 9.17) is 4.74 Å². The molecule has 2 aliphatic rings. The van der Waals surface area contributed by atoms with Crippen LogP contribution in [0, 0.1) is 0 Å². The molecule has 1 aliphatic carbocycles. The lowest BCUT2D eigenvalue weighted by Crippen LogP contribution is -2.38. The van der Waals surface area contributed by atoms with E-state index in [0.717, 1.165) is 61.6 Å². The molecule has 1 aromatic carbocycles. The van der Waals surface area contributed by atoms with Crippen LogP contribution in [0.4, 0.5) is 0 Å². The van der Waals surface area contributed by atoms with Crippen LogP contribution >= 0.6 is 0 Å². The van der Waals surface area contributed by atoms with Crippen molar-refractivity contribution in [3.05, 3.63) is 60.0 Å². The minimum absolute atomic E-state index is 0.0990. The van der Waals surface area contributed by atoms with E-state index in [9.17, 15) is 4.79 Å². The second-order valence-electron chi connectivity index (χ2n) is 8.10. The van der Waals surface area contributed by atoms with Gasteiger partial charge in [-0.25, -0.2) is 0 Å². The Morgan fingerprint density at radius 3 is 2.45 bits per heavy atom. The standard InChI is InChI=1S/C23H26N4O2/c28-23(18-8-10-20(11-9-18)29-19-5-1-2-6-19)26-15-12-17(13-16-26)22-25-24-21-7-3-4-14-27(21)22/h3-4,7-11,14,17,19H,1-2,5-6,12-13,15-16H2. The molecule has 2 aromatic heterocycles. The number of aromatic nitrogens is 3. The minimum Gasteiger partial charge on any atom is -0.490 e. The molecule has 0 N–H and O–H groups in total. The quantitative estimate of drug-likeness (QED) is 0.674. The van der Waals surface area contributed by atoms with Crippen molar-refractivity contribution in [2.75, 3.05) is 13.1 Å². The van der Waals surface area contributed by atoms with Crippen molar-refractivity contribution >= 4 is 11.6 Å². The van der Waals surface area contributed by atoms with Crippen molar-refractivity contribution in [1.82, 2.24) is 19.5 Å². The number of rotatable bonds is 4. The highest BCUT2D eigenvalue weighted by atomic mass is 16.5. The molecule has 1 amide bonds. The van der Waals surface area contributed by atoms with Gasteiger partial charge in [0, 0.05) is 30.8 Å². The first-order chi connectivity index (χ1) is 14.3. The molecule has 3 aromatic rings. The molecule has 150 valence electrons. The third kappa shape index (κ3) is 3.71. The summed E-state index contributed by atoms with van der Waals surface area (Å²) in [6.07, 6.45) is 8.94. The van der Waals surface area contributed by atoms with E-state index >= 15 is 0 Å². The number of likely N-dealkylation sites (tertiary alicyclic amines) is 1. The van der Waals surface area contributed by atoms with Crippen LogP contribution in [-0.2, 0) is 0 Å². The Morgan fingerprint density at radius 1 is 0.931 bits per heavy atom. The Bertz CT molecular complexity index is 984. The van der Waals surface area contributed by atoms with Crippen molar-refractivity contribution in [2.24, 2.45) is 0 Å². The average Bonchev–Trinajstić information content (AvgIpc) is 3.44. The first-order valence-electron chi connectivity index (χ1n) is 10.6. The van der Waals surface area contributed by atoms with Crippen LogP contribution < -0.4 is 4.74 Å². The maximum absolute atomic E-state index is 12.9. The van der Waals surface area contributed by atoms with Crippen molar-refractivity contribution in [3.63, 3.8) is 0 Å². The number of piperidine rings is 1. The number of amides is 1. The lowest BCUT2D eigenvalue weighted by atomic mass is 9.95. The zero-order valence-corrected chi connectivity index (χ0v) is 16.5. The number of hydrogen-bond acceptors (Lipinski definition) is 4. The lowest BCUT2D eigenvalue weighted by molar-refractivity contribution is 0.0711. The number of nitrogens with zero attached hydrogens (tertiary/aromatic N) is 4. The van der Waals surface area contributed by atoms with Crippen LogP contribution in [0.1, 0.15) is 60.6 Å². The molecule has 5 rings (SSSR count). The number of hydrogen-bond donors (Lipinski definition) is 0. The number of ether oxygens (including phenoxy) is 1. The molecule has 6 nitrogen and oxygen atoms in total. The number of fused-ring (bicyclic) bond motifs is 1. The molecule has 1 aliphatic heterocycles. The zero-order valence-electron chi connectivity index (χ0n) is 16.5. The van der Waals surface area contributed by atoms with Crippen LogP contribution in [0.25, 0.3) is 5.65 Å². The number of carbonyl (C=O) groups excluding carboxylic acids is 1. The molecule has 29 heavy (non-hydrogen) atoms. The van der Waals surface area contributed by atoms with E-state index in [1.54, 1.807) is 0 Å². The molecule has 3 heterocycles. The van der Waals surface area contributed by atoms with Gasteiger partial charge in [-0.2, -0.15) is 0 Å². The molecule has 6 heteroatoms. The Morgan fingerprint density at radius 2 is 1.69 bits per heavy atom. The average molecular weight is 390 g/mol. The summed E-state index contributed by atoms with van der Waals surface area (Å²) in [4.78, 5) is 14.9. The second-order valence-corrected chi connectivity index (χ2v) is 8.10. The molecule has 2 fully saturated rings. The normalized spacial score (nSPS) is 18.4. The van der Waals surface area contributed by atoms with Gasteiger partial charge in [0.15, 0.2) is 5.65 Å². The van der Waals surface area contributed by atoms with E-state index in [1.807, 2.05) is 53.6 Å². The predicted molar refractivity (Wildman–Crippen MR) is 110 cm³/mol. The molecular formula is C23H26N4O2. The third-order valence-corrected chi connectivity index (χ3v) is 6.19. The number of benzene rings is 1. The number of pyridine rings is 1. The molecule has 0 radical (unpaired) electrons. The van der Waals surface area contributed by atoms with Crippen molar-refractivity contribution < 1.29 is 9.53 Å². The summed E-state index contributed by atoms with van der Waals surface area (Å²) < 4.78 is 8.07. The summed E-state index contributed by atoms with van der Waals surface area (Å²) in [5, 5.41) is 8.66. The van der Waals surface area contributed by atoms with Gasteiger partial charge < -0.3 is 9.64 Å². The van der Waals surface area contributed by atoms with Crippen LogP contribution in [0.5, 0.6) is 5.75 Å². The molecule has 1 saturated heterocycles. The highest BCUT2D eigenvalue weighted by Gasteiger charge is 2.27. The zero-order chi connectivity index (χ0) is 19.6. The first kappa shape index (κ1) is 18.2. The Balaban J connectivity index is 1.21. The van der Waals surface area contributed by atoms with Gasteiger partial charge in [-0.3, -0.25) is 9.20 Å². The minimum atomic E-state index is 0.0990. The topological polar surface area (TPSA) is 59.7 Å². The van der Waals surface area contributed by atoms with Gasteiger partial charge in [0.2, 0.25) is 0 Å². The summed E-state index contributed by atoms with van der Waals surface area (Å²) >= 11 is 0. The molecule has 0 spiro atoms. The van der Waals surface area contributed by atoms with Gasteiger partial charge in [0.05, 0.1) is 6.10 Å². The van der Waals surface area contributed by atoms with Crippen LogP contribution in [0.2, 0.25) is 0 Å². The summed E-state index contributed by atoms with van der Waals surface area (Å²) in [5.74, 6) is 2.30. The Labute approximate surface area is 170 Å². The van der Waals surface area contributed by atoms with E-state index in [-0.39, 0.29) is 5.91 Å². The fourth-order valence-corrected chi connectivity index (χ4v) is 4.54. The summed E-state index contributed by atoms with van der Waals surface area (Å²) in [6.45, 7) is 1.48. The monoisotopic (exact) mass is 390 g/mol. The van der Waals surface area contributed by atoms with Gasteiger partial charge in [-0.15, -0.1) is 10.2 Å². The van der Waals surface area contributed by atoms with Crippen LogP contribution in [0.15, 0.2) is 48.7 Å². The maximum atomic E-state index is 12.9.